The fourth-order valence-electron chi connectivity index (χ4n) is 2.41. The molecule has 1 aliphatic heterocycles. The molecule has 1 N–H and O–H groups in total. The van der Waals surface area contributed by atoms with Crippen molar-refractivity contribution in [1.29, 1.82) is 0 Å². The van der Waals surface area contributed by atoms with E-state index in [0.29, 0.717) is 13.0 Å². The lowest BCUT2D eigenvalue weighted by molar-refractivity contribution is -0.141. The number of carbonyl (C=O) groups is 2. The molecule has 0 bridgehead atoms. The number of piperidine rings is 1. The lowest BCUT2D eigenvalue weighted by atomic mass is 9.99. The van der Waals surface area contributed by atoms with Crippen LogP contribution in [0.1, 0.15) is 30.6 Å². The Morgan fingerprint density at radius 1 is 1.44 bits per heavy atom. The molecule has 4 nitrogen and oxygen atoms in total. The fraction of sp³-hybridized carbons (Fsp3) is 0.538. The normalized spacial score (nSPS) is 19.8. The molecule has 1 amide bonds. The number of nitrogens with zero attached hydrogens (tertiary/aromatic N) is 1. The standard InChI is InChI=1S/C13H17NO3S/c15-12(9-11-5-3-7-18-11)14-6-2-1-4-10(14)8-13(16)17/h3,5,7,10H,1-2,4,6,8-9H2,(H,16,17). The number of aliphatic carboxylic acids is 1. The third-order valence-corrected chi connectivity index (χ3v) is 4.14. The number of hydrogen-bond acceptors (Lipinski definition) is 3. The van der Waals surface area contributed by atoms with Crippen molar-refractivity contribution in [3.05, 3.63) is 22.4 Å². The Bertz CT molecular complexity index is 416. The number of hydrogen-bond donors (Lipinski definition) is 1. The molecule has 1 aliphatic rings. The number of amides is 1. The Hall–Kier alpha value is -1.36. The van der Waals surface area contributed by atoms with E-state index in [0.717, 1.165) is 24.1 Å². The molecule has 0 aliphatic carbocycles. The molecule has 1 unspecified atom stereocenters. The van der Waals surface area contributed by atoms with E-state index in [9.17, 15) is 9.59 Å². The minimum Gasteiger partial charge on any atom is -0.481 e. The van der Waals surface area contributed by atoms with Gasteiger partial charge in [-0.15, -0.1) is 11.3 Å². The van der Waals surface area contributed by atoms with Crippen LogP contribution in [-0.2, 0) is 16.0 Å². The Morgan fingerprint density at radius 2 is 2.28 bits per heavy atom. The molecule has 1 fully saturated rings. The number of carbonyl (C=O) groups excluding carboxylic acids is 1. The van der Waals surface area contributed by atoms with E-state index in [1.165, 1.54) is 0 Å². The van der Waals surface area contributed by atoms with Gasteiger partial charge in [-0.3, -0.25) is 9.59 Å². The first-order valence-electron chi connectivity index (χ1n) is 6.20. The highest BCUT2D eigenvalue weighted by molar-refractivity contribution is 7.10. The summed E-state index contributed by atoms with van der Waals surface area (Å²) in [5.74, 6) is -0.765. The van der Waals surface area contributed by atoms with E-state index in [1.807, 2.05) is 17.5 Å². The monoisotopic (exact) mass is 267 g/mol. The van der Waals surface area contributed by atoms with E-state index in [4.69, 9.17) is 5.11 Å². The van der Waals surface area contributed by atoms with Crippen LogP contribution in [0.2, 0.25) is 0 Å². The van der Waals surface area contributed by atoms with Gasteiger partial charge in [0.25, 0.3) is 0 Å². The van der Waals surface area contributed by atoms with E-state index < -0.39 is 5.97 Å². The smallest absolute Gasteiger partial charge is 0.305 e. The van der Waals surface area contributed by atoms with Gasteiger partial charge >= 0.3 is 5.97 Å². The summed E-state index contributed by atoms with van der Waals surface area (Å²) in [6, 6.07) is 3.75. The highest BCUT2D eigenvalue weighted by Crippen LogP contribution is 2.21. The number of likely N-dealkylation sites (tertiary alicyclic amines) is 1. The van der Waals surface area contributed by atoms with Crippen molar-refractivity contribution >= 4 is 23.2 Å². The molecule has 0 radical (unpaired) electrons. The number of thiophene rings is 1. The predicted octanol–water partition coefficient (Wildman–Crippen LogP) is 2.15. The van der Waals surface area contributed by atoms with Crippen molar-refractivity contribution < 1.29 is 14.7 Å². The van der Waals surface area contributed by atoms with Crippen molar-refractivity contribution in [3.63, 3.8) is 0 Å². The van der Waals surface area contributed by atoms with Crippen LogP contribution in [0.4, 0.5) is 0 Å². The van der Waals surface area contributed by atoms with E-state index in [-0.39, 0.29) is 18.4 Å². The third kappa shape index (κ3) is 3.32. The molecule has 5 heteroatoms. The van der Waals surface area contributed by atoms with E-state index >= 15 is 0 Å². The quantitative estimate of drug-likeness (QED) is 0.909. The van der Waals surface area contributed by atoms with Gasteiger partial charge in [0.1, 0.15) is 0 Å². The van der Waals surface area contributed by atoms with Gasteiger partial charge in [0.15, 0.2) is 0 Å². The number of rotatable bonds is 4. The van der Waals surface area contributed by atoms with E-state index in [1.54, 1.807) is 16.2 Å². The zero-order valence-corrected chi connectivity index (χ0v) is 11.0. The maximum absolute atomic E-state index is 12.2. The zero-order chi connectivity index (χ0) is 13.0. The SMILES string of the molecule is O=C(O)CC1CCCCN1C(=O)Cc1cccs1. The first kappa shape index (κ1) is 13.1. The van der Waals surface area contributed by atoms with Crippen LogP contribution in [0.3, 0.4) is 0 Å². The summed E-state index contributed by atoms with van der Waals surface area (Å²) >= 11 is 1.57. The Labute approximate surface area is 110 Å². The molecule has 1 atom stereocenters. The second-order valence-electron chi connectivity index (χ2n) is 4.59. The highest BCUT2D eigenvalue weighted by Gasteiger charge is 2.28. The number of carboxylic acid groups (broad SMARTS) is 1. The summed E-state index contributed by atoms with van der Waals surface area (Å²) < 4.78 is 0. The summed E-state index contributed by atoms with van der Waals surface area (Å²) in [5, 5.41) is 10.8. The molecule has 98 valence electrons. The van der Waals surface area contributed by atoms with Crippen LogP contribution in [0.25, 0.3) is 0 Å². The molecule has 0 aromatic carbocycles. The molecule has 2 heterocycles. The largest absolute Gasteiger partial charge is 0.481 e. The molecular formula is C13H17NO3S. The summed E-state index contributed by atoms with van der Waals surface area (Å²) in [6.07, 6.45) is 3.26. The lowest BCUT2D eigenvalue weighted by Crippen LogP contribution is -2.45. The highest BCUT2D eigenvalue weighted by atomic mass is 32.1. The van der Waals surface area contributed by atoms with Crippen molar-refractivity contribution in [3.8, 4) is 0 Å². The van der Waals surface area contributed by atoms with Crippen molar-refractivity contribution in [1.82, 2.24) is 4.90 Å². The molecule has 2 rings (SSSR count). The maximum atomic E-state index is 12.2. The molecular weight excluding hydrogens is 250 g/mol. The third-order valence-electron chi connectivity index (χ3n) is 3.26. The van der Waals surface area contributed by atoms with Gasteiger partial charge in [0, 0.05) is 17.5 Å². The summed E-state index contributed by atoms with van der Waals surface area (Å²) in [6.45, 7) is 0.697. The fourth-order valence-corrected chi connectivity index (χ4v) is 3.10. The van der Waals surface area contributed by atoms with Gasteiger partial charge in [-0.1, -0.05) is 6.07 Å². The van der Waals surface area contributed by atoms with Gasteiger partial charge < -0.3 is 10.0 Å². The average Bonchev–Trinajstić information content (AvgIpc) is 2.81. The van der Waals surface area contributed by atoms with Crippen LogP contribution < -0.4 is 0 Å². The first-order chi connectivity index (χ1) is 8.66. The Morgan fingerprint density at radius 3 is 2.94 bits per heavy atom. The molecule has 0 spiro atoms. The van der Waals surface area contributed by atoms with Crippen LogP contribution in [0, 0.1) is 0 Å². The van der Waals surface area contributed by atoms with Crippen LogP contribution >= 0.6 is 11.3 Å². The second kappa shape index (κ2) is 6.00. The topological polar surface area (TPSA) is 57.6 Å². The van der Waals surface area contributed by atoms with Crippen LogP contribution in [0.15, 0.2) is 17.5 Å². The lowest BCUT2D eigenvalue weighted by Gasteiger charge is -2.35. The average molecular weight is 267 g/mol. The van der Waals surface area contributed by atoms with Crippen LogP contribution in [0.5, 0.6) is 0 Å². The van der Waals surface area contributed by atoms with Crippen molar-refractivity contribution in [2.45, 2.75) is 38.1 Å². The second-order valence-corrected chi connectivity index (χ2v) is 5.62. The molecule has 0 saturated carbocycles. The first-order valence-corrected chi connectivity index (χ1v) is 7.08. The molecule has 18 heavy (non-hydrogen) atoms. The van der Waals surface area contributed by atoms with Gasteiger partial charge in [-0.2, -0.15) is 0 Å². The van der Waals surface area contributed by atoms with E-state index in [2.05, 4.69) is 0 Å². The van der Waals surface area contributed by atoms with Crippen LogP contribution in [-0.4, -0.2) is 34.5 Å². The van der Waals surface area contributed by atoms with Gasteiger partial charge in [0.05, 0.1) is 12.8 Å². The summed E-state index contributed by atoms with van der Waals surface area (Å²) in [5.41, 5.74) is 0. The van der Waals surface area contributed by atoms with Gasteiger partial charge in [-0.25, -0.2) is 0 Å². The Kier molecular flexibility index (Phi) is 4.36. The minimum absolute atomic E-state index is 0.0587. The summed E-state index contributed by atoms with van der Waals surface area (Å²) in [7, 11) is 0. The minimum atomic E-state index is -0.823. The summed E-state index contributed by atoms with van der Waals surface area (Å²) in [4.78, 5) is 25.8. The van der Waals surface area contributed by atoms with Crippen molar-refractivity contribution in [2.75, 3.05) is 6.54 Å². The van der Waals surface area contributed by atoms with Gasteiger partial charge in [0.2, 0.25) is 5.91 Å². The van der Waals surface area contributed by atoms with Crippen molar-refractivity contribution in [2.24, 2.45) is 0 Å². The van der Waals surface area contributed by atoms with Gasteiger partial charge in [-0.05, 0) is 30.7 Å². The molecule has 1 aromatic heterocycles. The molecule has 1 saturated heterocycles. The number of carboxylic acids is 1. The maximum Gasteiger partial charge on any atom is 0.305 e. The molecule has 1 aromatic rings. The Balaban J connectivity index is 1.99. The predicted molar refractivity (Wildman–Crippen MR) is 69.6 cm³/mol. The zero-order valence-electron chi connectivity index (χ0n) is 10.2.